The largest absolute Gasteiger partial charge is 0.454 e. The number of urea groups is 1. The van der Waals surface area contributed by atoms with Crippen molar-refractivity contribution in [2.45, 2.75) is 6.42 Å². The molecule has 0 saturated heterocycles. The Hall–Kier alpha value is -1.95. The van der Waals surface area contributed by atoms with Gasteiger partial charge in [0.1, 0.15) is 0 Å². The molecule has 2 N–H and O–H groups in total. The Balaban J connectivity index is 1.81. The maximum atomic E-state index is 11.0. The molecular weight excluding hydrogens is 224 g/mol. The molecule has 0 bridgehead atoms. The van der Waals surface area contributed by atoms with Gasteiger partial charge in [0.25, 0.3) is 0 Å². The predicted octanol–water partition coefficient (Wildman–Crippen LogP) is 0.818. The van der Waals surface area contributed by atoms with Crippen LogP contribution < -0.4 is 20.3 Å². The quantitative estimate of drug-likeness (QED) is 0.762. The van der Waals surface area contributed by atoms with E-state index in [0.717, 1.165) is 17.1 Å². The third-order valence-electron chi connectivity index (χ3n) is 2.33. The van der Waals surface area contributed by atoms with Gasteiger partial charge in [-0.05, 0) is 24.1 Å². The summed E-state index contributed by atoms with van der Waals surface area (Å²) < 4.78 is 10.5. The summed E-state index contributed by atoms with van der Waals surface area (Å²) in [6, 6.07) is 5.38. The number of nitrogens with one attached hydrogen (secondary N) is 2. The molecule has 1 aromatic carbocycles. The van der Waals surface area contributed by atoms with Gasteiger partial charge in [0.05, 0.1) is 7.11 Å². The monoisotopic (exact) mass is 238 g/mol. The Morgan fingerprint density at radius 1 is 1.41 bits per heavy atom. The second-order valence-electron chi connectivity index (χ2n) is 3.50. The lowest BCUT2D eigenvalue weighted by Crippen LogP contribution is -2.35. The molecule has 1 aromatic rings. The maximum absolute atomic E-state index is 11.0. The molecule has 6 heteroatoms. The molecule has 0 aromatic heterocycles. The lowest BCUT2D eigenvalue weighted by Gasteiger charge is -2.06. The van der Waals surface area contributed by atoms with E-state index in [-0.39, 0.29) is 12.8 Å². The molecule has 2 rings (SSSR count). The van der Waals surface area contributed by atoms with Crippen molar-refractivity contribution in [2.75, 3.05) is 20.4 Å². The maximum Gasteiger partial charge on any atom is 0.338 e. The van der Waals surface area contributed by atoms with E-state index >= 15 is 0 Å². The number of ether oxygens (including phenoxy) is 2. The average Bonchev–Trinajstić information content (AvgIpc) is 2.76. The van der Waals surface area contributed by atoms with Crippen LogP contribution in [0, 0.1) is 0 Å². The first-order chi connectivity index (χ1) is 8.29. The number of amides is 2. The second kappa shape index (κ2) is 5.40. The smallest absolute Gasteiger partial charge is 0.338 e. The Bertz CT molecular complexity index is 408. The third kappa shape index (κ3) is 3.01. The van der Waals surface area contributed by atoms with Crippen molar-refractivity contribution in [1.29, 1.82) is 0 Å². The van der Waals surface area contributed by atoms with Crippen molar-refractivity contribution in [3.63, 3.8) is 0 Å². The van der Waals surface area contributed by atoms with E-state index < -0.39 is 0 Å². The number of rotatable bonds is 4. The number of carbonyl (C=O) groups excluding carboxylic acids is 1. The Morgan fingerprint density at radius 3 is 3.06 bits per heavy atom. The summed E-state index contributed by atoms with van der Waals surface area (Å²) in [5.41, 5.74) is 3.25. The molecule has 1 aliphatic rings. The standard InChI is InChI=1S/C11H14N2O4/c1-15-13-11(14)12-5-4-8-2-3-9-10(6-8)17-7-16-9/h2-3,6H,4-5,7H2,1H3,(H2,12,13,14). The highest BCUT2D eigenvalue weighted by molar-refractivity contribution is 5.72. The summed E-state index contributed by atoms with van der Waals surface area (Å²) in [6.07, 6.45) is 0.716. The third-order valence-corrected chi connectivity index (χ3v) is 2.33. The van der Waals surface area contributed by atoms with Crippen LogP contribution in [0.2, 0.25) is 0 Å². The van der Waals surface area contributed by atoms with Crippen molar-refractivity contribution in [3.8, 4) is 11.5 Å². The van der Waals surface area contributed by atoms with Crippen LogP contribution >= 0.6 is 0 Å². The van der Waals surface area contributed by atoms with Crippen LogP contribution in [0.5, 0.6) is 11.5 Å². The molecule has 1 heterocycles. The number of benzene rings is 1. The molecule has 0 spiro atoms. The SMILES string of the molecule is CONC(=O)NCCc1ccc2c(c1)OCO2. The van der Waals surface area contributed by atoms with Crippen LogP contribution in [0.25, 0.3) is 0 Å². The van der Waals surface area contributed by atoms with Gasteiger partial charge in [-0.2, -0.15) is 0 Å². The highest BCUT2D eigenvalue weighted by Crippen LogP contribution is 2.32. The molecule has 0 aliphatic carbocycles. The van der Waals surface area contributed by atoms with E-state index in [4.69, 9.17) is 9.47 Å². The zero-order chi connectivity index (χ0) is 12.1. The zero-order valence-corrected chi connectivity index (χ0v) is 9.49. The lowest BCUT2D eigenvalue weighted by molar-refractivity contribution is 0.107. The fourth-order valence-electron chi connectivity index (χ4n) is 1.55. The molecule has 0 radical (unpaired) electrons. The summed E-state index contributed by atoms with van der Waals surface area (Å²) in [5.74, 6) is 1.52. The molecule has 0 fully saturated rings. The fourth-order valence-corrected chi connectivity index (χ4v) is 1.55. The summed E-state index contributed by atoms with van der Waals surface area (Å²) >= 11 is 0. The second-order valence-corrected chi connectivity index (χ2v) is 3.50. The summed E-state index contributed by atoms with van der Waals surface area (Å²) in [5, 5.41) is 2.65. The first-order valence-electron chi connectivity index (χ1n) is 5.25. The van der Waals surface area contributed by atoms with Gasteiger partial charge in [-0.1, -0.05) is 6.07 Å². The van der Waals surface area contributed by atoms with Gasteiger partial charge in [-0.15, -0.1) is 0 Å². The molecule has 92 valence electrons. The van der Waals surface area contributed by atoms with Crippen LogP contribution in [-0.4, -0.2) is 26.5 Å². The average molecular weight is 238 g/mol. The molecule has 6 nitrogen and oxygen atoms in total. The van der Waals surface area contributed by atoms with E-state index in [1.54, 1.807) is 0 Å². The molecule has 1 aliphatic heterocycles. The molecule has 0 atom stereocenters. The molecule has 0 saturated carbocycles. The molecule has 2 amide bonds. The van der Waals surface area contributed by atoms with Crippen LogP contribution in [0.3, 0.4) is 0 Å². The highest BCUT2D eigenvalue weighted by atomic mass is 16.7. The van der Waals surface area contributed by atoms with Gasteiger partial charge in [-0.25, -0.2) is 10.3 Å². The Morgan fingerprint density at radius 2 is 2.24 bits per heavy atom. The minimum atomic E-state index is -0.353. The number of carbonyl (C=O) groups is 1. The van der Waals surface area contributed by atoms with Gasteiger partial charge in [0.2, 0.25) is 6.79 Å². The van der Waals surface area contributed by atoms with Crippen LogP contribution in [0.1, 0.15) is 5.56 Å². The van der Waals surface area contributed by atoms with Crippen molar-refractivity contribution in [3.05, 3.63) is 23.8 Å². The lowest BCUT2D eigenvalue weighted by atomic mass is 10.1. The summed E-state index contributed by atoms with van der Waals surface area (Å²) in [6.45, 7) is 0.794. The van der Waals surface area contributed by atoms with E-state index in [1.165, 1.54) is 7.11 Å². The van der Waals surface area contributed by atoms with Crippen LogP contribution in [0.4, 0.5) is 4.79 Å². The minimum absolute atomic E-state index is 0.271. The first-order valence-corrected chi connectivity index (χ1v) is 5.25. The summed E-state index contributed by atoms with van der Waals surface area (Å²) in [4.78, 5) is 15.5. The van der Waals surface area contributed by atoms with Crippen molar-refractivity contribution in [1.82, 2.24) is 10.8 Å². The normalized spacial score (nSPS) is 12.3. The molecular formula is C11H14N2O4. The van der Waals surface area contributed by atoms with E-state index in [9.17, 15) is 4.79 Å². The zero-order valence-electron chi connectivity index (χ0n) is 9.49. The van der Waals surface area contributed by atoms with Gasteiger partial charge >= 0.3 is 6.03 Å². The molecule has 17 heavy (non-hydrogen) atoms. The fraction of sp³-hybridized carbons (Fsp3) is 0.364. The first kappa shape index (κ1) is 11.5. The molecule has 0 unspecified atom stereocenters. The number of hydroxylamine groups is 1. The van der Waals surface area contributed by atoms with Crippen LogP contribution in [-0.2, 0) is 11.3 Å². The number of fused-ring (bicyclic) bond motifs is 1. The minimum Gasteiger partial charge on any atom is -0.454 e. The van der Waals surface area contributed by atoms with Gasteiger partial charge in [-0.3, -0.25) is 4.84 Å². The van der Waals surface area contributed by atoms with Crippen molar-refractivity contribution >= 4 is 6.03 Å². The van der Waals surface area contributed by atoms with Crippen molar-refractivity contribution in [2.24, 2.45) is 0 Å². The van der Waals surface area contributed by atoms with Gasteiger partial charge < -0.3 is 14.8 Å². The highest BCUT2D eigenvalue weighted by Gasteiger charge is 2.12. The van der Waals surface area contributed by atoms with Gasteiger partial charge in [0, 0.05) is 6.54 Å². The van der Waals surface area contributed by atoms with E-state index in [0.29, 0.717) is 13.0 Å². The Kier molecular flexibility index (Phi) is 3.66. The topological polar surface area (TPSA) is 68.8 Å². The number of hydrogen-bond donors (Lipinski definition) is 2. The summed E-state index contributed by atoms with van der Waals surface area (Å²) in [7, 11) is 1.39. The van der Waals surface area contributed by atoms with Crippen molar-refractivity contribution < 1.29 is 19.1 Å². The van der Waals surface area contributed by atoms with E-state index in [1.807, 2.05) is 18.2 Å². The van der Waals surface area contributed by atoms with Gasteiger partial charge in [0.15, 0.2) is 11.5 Å². The van der Waals surface area contributed by atoms with Crippen LogP contribution in [0.15, 0.2) is 18.2 Å². The van der Waals surface area contributed by atoms with E-state index in [2.05, 4.69) is 15.6 Å². The number of hydrogen-bond acceptors (Lipinski definition) is 4. The predicted molar refractivity (Wildman–Crippen MR) is 59.8 cm³/mol. The Labute approximate surface area is 98.8 Å².